The van der Waals surface area contributed by atoms with Crippen LogP contribution in [-0.4, -0.2) is 92.0 Å². The number of methoxy groups -OCH3 is 2. The summed E-state index contributed by atoms with van der Waals surface area (Å²) >= 11 is 0. The van der Waals surface area contributed by atoms with Crippen molar-refractivity contribution in [3.63, 3.8) is 0 Å². The molecule has 1 saturated carbocycles. The highest BCUT2D eigenvalue weighted by atomic mass is 16.7. The summed E-state index contributed by atoms with van der Waals surface area (Å²) in [5.74, 6) is 0.0801. The monoisotopic (exact) mass is 945 g/mol. The first-order valence-electron chi connectivity index (χ1n) is 23.9. The number of allylic oxidation sites excluding steroid dienone is 1. The third kappa shape index (κ3) is 10.6. The summed E-state index contributed by atoms with van der Waals surface area (Å²) < 4.78 is 42.8. The van der Waals surface area contributed by atoms with E-state index in [9.17, 15) is 15.0 Å². The molecule has 0 saturated heterocycles. The molecular formula is C54H63N3O12. The summed E-state index contributed by atoms with van der Waals surface area (Å²) in [6, 6.07) is 24.7. The maximum atomic E-state index is 15.2. The van der Waals surface area contributed by atoms with Crippen LogP contribution in [0.25, 0.3) is 0 Å². The molecule has 6 atom stereocenters. The SMILES string of the molecule is C=CCOC12Oc3ccc(OC(=O)Nc4ccc(OC)cc4OC)cc3C3C(CCCCO)C(CCCCO)C=C(C(=NOCc4ccccc4)CC1N(CCC)C(=O)c1ccc4c(c1)OCO4)C32. The van der Waals surface area contributed by atoms with Gasteiger partial charge in [0.15, 0.2) is 11.5 Å². The standard InChI is InChI=1S/C54H63N3O12/c1-5-24-57(52(60)37-18-22-46-48(29-37)65-34-64-46)49-32-44(56-67-33-35-14-8-7-9-15-35)41-28-36(16-10-12-25-58)40(17-11-13-26-59)50-42-30-39(20-23-45(42)69-54(49,51(41)50)66-27-6-2)68-53(61)55-43-21-19-38(62-3)31-47(43)63-4/h6-9,14-15,18-23,28-31,36,40,49-51,58-59H,2,5,10-13,16-17,24-27,32-34H2,1,3-4H3,(H,55,61). The average Bonchev–Trinajstić information content (AvgIpc) is 3.85. The number of hydrogen-bond acceptors (Lipinski definition) is 13. The number of carbonyl (C=O) groups is 2. The van der Waals surface area contributed by atoms with Crippen LogP contribution in [0.3, 0.4) is 0 Å². The number of carbonyl (C=O) groups excluding carboxylic acids is 2. The highest BCUT2D eigenvalue weighted by molar-refractivity contribution is 6.03. The lowest BCUT2D eigenvalue weighted by atomic mass is 9.55. The zero-order valence-corrected chi connectivity index (χ0v) is 39.6. The Morgan fingerprint density at radius 2 is 1.67 bits per heavy atom. The lowest BCUT2D eigenvalue weighted by Gasteiger charge is -2.60. The fraction of sp³-hybridized carbons (Fsp3) is 0.426. The number of aliphatic hydroxyl groups is 2. The molecule has 2 heterocycles. The van der Waals surface area contributed by atoms with Gasteiger partial charge in [-0.25, -0.2) is 4.79 Å². The van der Waals surface area contributed by atoms with Crippen molar-refractivity contribution in [1.82, 2.24) is 4.90 Å². The molecule has 69 heavy (non-hydrogen) atoms. The largest absolute Gasteiger partial charge is 0.497 e. The van der Waals surface area contributed by atoms with Crippen molar-refractivity contribution in [3.05, 3.63) is 126 Å². The molecule has 4 aliphatic rings. The van der Waals surface area contributed by atoms with E-state index in [0.717, 1.165) is 42.4 Å². The van der Waals surface area contributed by atoms with Gasteiger partial charge in [0.2, 0.25) is 12.6 Å². The van der Waals surface area contributed by atoms with E-state index in [1.165, 1.54) is 7.11 Å². The second kappa shape index (κ2) is 22.7. The number of hydrogen-bond donors (Lipinski definition) is 3. The molecule has 8 rings (SSSR count). The second-order valence-corrected chi connectivity index (χ2v) is 17.7. The van der Waals surface area contributed by atoms with Crippen LogP contribution in [-0.2, 0) is 16.2 Å². The van der Waals surface area contributed by atoms with Crippen LogP contribution in [0.1, 0.15) is 85.7 Å². The van der Waals surface area contributed by atoms with E-state index in [1.807, 2.05) is 48.2 Å². The average molecular weight is 946 g/mol. The zero-order chi connectivity index (χ0) is 48.3. The molecule has 6 unspecified atom stereocenters. The molecule has 0 bridgehead atoms. The summed E-state index contributed by atoms with van der Waals surface area (Å²) in [4.78, 5) is 37.0. The molecule has 15 heteroatoms. The van der Waals surface area contributed by atoms with Crippen LogP contribution < -0.4 is 33.7 Å². The molecule has 0 radical (unpaired) electrons. The van der Waals surface area contributed by atoms with Crippen molar-refractivity contribution in [2.75, 3.05) is 52.7 Å². The molecule has 366 valence electrons. The van der Waals surface area contributed by atoms with Crippen molar-refractivity contribution >= 4 is 23.4 Å². The number of fused-ring (bicyclic) bond motifs is 3. The van der Waals surface area contributed by atoms with Crippen molar-refractivity contribution in [1.29, 1.82) is 0 Å². The van der Waals surface area contributed by atoms with Crippen LogP contribution in [0.2, 0.25) is 0 Å². The Labute approximate surface area is 403 Å². The molecule has 1 fully saturated rings. The van der Waals surface area contributed by atoms with Gasteiger partial charge in [-0.05, 0) is 104 Å². The molecule has 4 aromatic rings. The molecule has 2 aliphatic heterocycles. The van der Waals surface area contributed by atoms with Gasteiger partial charge >= 0.3 is 6.09 Å². The predicted molar refractivity (Wildman–Crippen MR) is 259 cm³/mol. The van der Waals surface area contributed by atoms with Gasteiger partial charge in [0.05, 0.1) is 38.1 Å². The summed E-state index contributed by atoms with van der Waals surface area (Å²) in [6.45, 7) is 6.93. The Hall–Kier alpha value is -6.55. The maximum Gasteiger partial charge on any atom is 0.417 e. The van der Waals surface area contributed by atoms with E-state index in [1.54, 1.807) is 61.7 Å². The Kier molecular flexibility index (Phi) is 16.1. The molecular weight excluding hydrogens is 883 g/mol. The summed E-state index contributed by atoms with van der Waals surface area (Å²) in [5.41, 5.74) is 4.10. The first-order chi connectivity index (χ1) is 33.7. The van der Waals surface area contributed by atoms with Gasteiger partial charge in [-0.3, -0.25) is 10.1 Å². The number of anilines is 1. The van der Waals surface area contributed by atoms with E-state index in [-0.39, 0.29) is 69.1 Å². The number of nitrogens with zero attached hydrogens (tertiary/aromatic N) is 2. The normalized spacial score (nSPS) is 22.3. The van der Waals surface area contributed by atoms with Gasteiger partial charge in [0.1, 0.15) is 35.6 Å². The molecule has 0 aromatic heterocycles. The number of ether oxygens (including phenoxy) is 7. The van der Waals surface area contributed by atoms with Gasteiger partial charge in [0, 0.05) is 49.3 Å². The van der Waals surface area contributed by atoms with Crippen LogP contribution in [0.15, 0.2) is 114 Å². The van der Waals surface area contributed by atoms with Gasteiger partial charge in [0.25, 0.3) is 5.91 Å². The lowest BCUT2D eigenvalue weighted by molar-refractivity contribution is -0.254. The minimum absolute atomic E-state index is 0.0113. The number of benzene rings is 4. The fourth-order valence-electron chi connectivity index (χ4n) is 10.5. The maximum absolute atomic E-state index is 15.2. The second-order valence-electron chi connectivity index (χ2n) is 17.7. The summed E-state index contributed by atoms with van der Waals surface area (Å²) in [7, 11) is 3.05. The first-order valence-corrected chi connectivity index (χ1v) is 23.9. The molecule has 2 aliphatic carbocycles. The van der Waals surface area contributed by atoms with E-state index in [4.69, 9.17) is 43.2 Å². The lowest BCUT2D eigenvalue weighted by Crippen LogP contribution is -2.70. The number of nitrogens with one attached hydrogen (secondary N) is 1. The topological polar surface area (TPSA) is 176 Å². The van der Waals surface area contributed by atoms with E-state index in [0.29, 0.717) is 71.5 Å². The number of unbranched alkanes of at least 4 members (excludes halogenated alkanes) is 2. The third-order valence-corrected chi connectivity index (χ3v) is 13.5. The first kappa shape index (κ1) is 48.9. The Balaban J connectivity index is 1.29. The zero-order valence-electron chi connectivity index (χ0n) is 39.6. The Morgan fingerprint density at radius 3 is 2.42 bits per heavy atom. The van der Waals surface area contributed by atoms with Crippen molar-refractivity contribution in [3.8, 4) is 34.5 Å². The summed E-state index contributed by atoms with van der Waals surface area (Å²) in [6.07, 6.45) is 8.33. The van der Waals surface area contributed by atoms with Crippen molar-refractivity contribution in [2.24, 2.45) is 22.9 Å². The summed E-state index contributed by atoms with van der Waals surface area (Å²) in [5, 5.41) is 27.8. The molecule has 4 aromatic carbocycles. The van der Waals surface area contributed by atoms with Crippen molar-refractivity contribution in [2.45, 2.75) is 82.6 Å². The number of oxime groups is 1. The van der Waals surface area contributed by atoms with E-state index >= 15 is 4.79 Å². The molecule has 3 N–H and O–H groups in total. The minimum atomic E-state index is -1.49. The Morgan fingerprint density at radius 1 is 0.899 bits per heavy atom. The third-order valence-electron chi connectivity index (χ3n) is 13.5. The highest BCUT2D eigenvalue weighted by Gasteiger charge is 2.65. The van der Waals surface area contributed by atoms with E-state index < -0.39 is 23.8 Å². The number of rotatable bonds is 22. The van der Waals surface area contributed by atoms with Crippen LogP contribution in [0, 0.1) is 17.8 Å². The fourth-order valence-corrected chi connectivity index (χ4v) is 10.5. The quantitative estimate of drug-likeness (QED) is 0.0387. The molecule has 0 spiro atoms. The van der Waals surface area contributed by atoms with Gasteiger partial charge in [-0.15, -0.1) is 6.58 Å². The van der Waals surface area contributed by atoms with Crippen LogP contribution >= 0.6 is 0 Å². The Bertz CT molecular complexity index is 2500. The van der Waals surface area contributed by atoms with Crippen LogP contribution in [0.5, 0.6) is 34.5 Å². The van der Waals surface area contributed by atoms with Crippen LogP contribution in [0.4, 0.5) is 10.5 Å². The predicted octanol–water partition coefficient (Wildman–Crippen LogP) is 9.43. The highest BCUT2D eigenvalue weighted by Crippen LogP contribution is 2.62. The smallest absolute Gasteiger partial charge is 0.417 e. The molecule has 2 amide bonds. The van der Waals surface area contributed by atoms with Gasteiger partial charge in [-0.1, -0.05) is 67.4 Å². The number of aliphatic hydroxyl groups excluding tert-OH is 2. The number of amides is 2. The minimum Gasteiger partial charge on any atom is -0.497 e. The van der Waals surface area contributed by atoms with Gasteiger partial charge < -0.3 is 53.1 Å². The van der Waals surface area contributed by atoms with Crippen molar-refractivity contribution < 1.29 is 57.8 Å². The van der Waals surface area contributed by atoms with Gasteiger partial charge in [-0.2, -0.15) is 0 Å². The molecule has 15 nitrogen and oxygen atoms in total. The van der Waals surface area contributed by atoms with E-state index in [2.05, 4.69) is 18.0 Å².